The van der Waals surface area contributed by atoms with Crippen molar-refractivity contribution in [3.63, 3.8) is 0 Å². The van der Waals surface area contributed by atoms with Crippen LogP contribution in [0, 0.1) is 4.91 Å². The first kappa shape index (κ1) is 10.4. The molecule has 0 fully saturated rings. The number of hydrogen-bond donors (Lipinski definition) is 1. The lowest BCUT2D eigenvalue weighted by Gasteiger charge is -2.20. The van der Waals surface area contributed by atoms with Crippen LogP contribution >= 0.6 is 0 Å². The minimum Gasteiger partial charge on any atom is -0.481 e. The molecule has 74 valence electrons. The number of carboxylic acid groups (broad SMARTS) is 1. The van der Waals surface area contributed by atoms with Gasteiger partial charge >= 0.3 is 5.97 Å². The molecule has 4 nitrogen and oxygen atoms in total. The van der Waals surface area contributed by atoms with Crippen LogP contribution in [0.3, 0.4) is 0 Å². The van der Waals surface area contributed by atoms with Crippen LogP contribution in [0.1, 0.15) is 19.4 Å². The van der Waals surface area contributed by atoms with E-state index in [1.54, 1.807) is 32.0 Å². The summed E-state index contributed by atoms with van der Waals surface area (Å²) in [4.78, 5) is 21.4. The second kappa shape index (κ2) is 3.57. The molecule has 0 saturated carbocycles. The van der Waals surface area contributed by atoms with E-state index in [0.29, 0.717) is 5.56 Å². The lowest BCUT2D eigenvalue weighted by molar-refractivity contribution is -0.142. The number of carbonyl (C=O) groups is 1. The Morgan fingerprint density at radius 3 is 2.43 bits per heavy atom. The van der Waals surface area contributed by atoms with Crippen molar-refractivity contribution in [2.45, 2.75) is 19.3 Å². The molecule has 1 aromatic rings. The van der Waals surface area contributed by atoms with E-state index in [-0.39, 0.29) is 5.69 Å². The van der Waals surface area contributed by atoms with Crippen molar-refractivity contribution in [2.24, 2.45) is 5.18 Å². The molecule has 0 atom stereocenters. The highest BCUT2D eigenvalue weighted by Gasteiger charge is 2.31. The largest absolute Gasteiger partial charge is 0.481 e. The third-order valence-electron chi connectivity index (χ3n) is 2.21. The van der Waals surface area contributed by atoms with E-state index in [1.165, 1.54) is 6.07 Å². The van der Waals surface area contributed by atoms with Gasteiger partial charge in [0.1, 0.15) is 5.69 Å². The summed E-state index contributed by atoms with van der Waals surface area (Å²) in [7, 11) is 0. The van der Waals surface area contributed by atoms with Gasteiger partial charge in [-0.25, -0.2) is 0 Å². The standard InChI is InChI=1S/C10H11NO3/c1-10(2,9(12)13)7-5-3-4-6-8(7)11-14/h3-6H,1-2H3,(H,12,13). The molecule has 0 saturated heterocycles. The number of hydrogen-bond acceptors (Lipinski definition) is 3. The Hall–Kier alpha value is -1.71. The summed E-state index contributed by atoms with van der Waals surface area (Å²) < 4.78 is 0. The highest BCUT2D eigenvalue weighted by molar-refractivity contribution is 5.82. The average molecular weight is 193 g/mol. The Labute approximate surface area is 81.5 Å². The Bertz CT molecular complexity index is 371. The van der Waals surface area contributed by atoms with E-state index < -0.39 is 11.4 Å². The van der Waals surface area contributed by atoms with Gasteiger partial charge in [0, 0.05) is 0 Å². The highest BCUT2D eigenvalue weighted by atomic mass is 16.4. The summed E-state index contributed by atoms with van der Waals surface area (Å²) in [6, 6.07) is 6.45. The summed E-state index contributed by atoms with van der Waals surface area (Å²) in [6.45, 7) is 3.08. The molecular formula is C10H11NO3. The molecule has 0 spiro atoms. The van der Waals surface area contributed by atoms with Crippen molar-refractivity contribution >= 4 is 11.7 Å². The van der Waals surface area contributed by atoms with Crippen LogP contribution in [-0.4, -0.2) is 11.1 Å². The fourth-order valence-corrected chi connectivity index (χ4v) is 1.20. The van der Waals surface area contributed by atoms with E-state index in [9.17, 15) is 9.70 Å². The van der Waals surface area contributed by atoms with Crippen molar-refractivity contribution in [1.29, 1.82) is 0 Å². The SMILES string of the molecule is CC(C)(C(=O)O)c1ccccc1N=O. The maximum atomic E-state index is 10.9. The lowest BCUT2D eigenvalue weighted by Crippen LogP contribution is -2.28. The highest BCUT2D eigenvalue weighted by Crippen LogP contribution is 2.31. The summed E-state index contributed by atoms with van der Waals surface area (Å²) >= 11 is 0. The molecule has 0 radical (unpaired) electrons. The van der Waals surface area contributed by atoms with Gasteiger partial charge in [-0.2, -0.15) is 0 Å². The summed E-state index contributed by atoms with van der Waals surface area (Å²) in [5, 5.41) is 11.8. The fraction of sp³-hybridized carbons (Fsp3) is 0.300. The van der Waals surface area contributed by atoms with E-state index >= 15 is 0 Å². The minimum absolute atomic E-state index is 0.180. The summed E-state index contributed by atoms with van der Waals surface area (Å²) in [6.07, 6.45) is 0. The van der Waals surface area contributed by atoms with Crippen LogP contribution in [0.5, 0.6) is 0 Å². The zero-order chi connectivity index (χ0) is 10.8. The van der Waals surface area contributed by atoms with Gasteiger partial charge in [0.05, 0.1) is 5.41 Å². The quantitative estimate of drug-likeness (QED) is 0.749. The van der Waals surface area contributed by atoms with Crippen molar-refractivity contribution in [3.05, 3.63) is 34.7 Å². The van der Waals surface area contributed by atoms with Crippen LogP contribution in [0.15, 0.2) is 29.4 Å². The molecule has 1 rings (SSSR count). The summed E-state index contributed by atoms with van der Waals surface area (Å²) in [5.41, 5.74) is -0.479. The molecule has 0 heterocycles. The normalized spacial score (nSPS) is 11.0. The van der Waals surface area contributed by atoms with Crippen LogP contribution in [0.4, 0.5) is 5.69 Å². The molecule has 0 amide bonds. The number of benzene rings is 1. The van der Waals surface area contributed by atoms with Gasteiger partial charge in [-0.1, -0.05) is 18.2 Å². The first-order valence-corrected chi connectivity index (χ1v) is 4.16. The maximum Gasteiger partial charge on any atom is 0.313 e. The third kappa shape index (κ3) is 1.64. The third-order valence-corrected chi connectivity index (χ3v) is 2.21. The predicted octanol–water partition coefficient (Wildman–Crippen LogP) is 2.45. The van der Waals surface area contributed by atoms with E-state index in [2.05, 4.69) is 5.18 Å². The average Bonchev–Trinajstić information content (AvgIpc) is 2.17. The van der Waals surface area contributed by atoms with Crippen LogP contribution in [0.25, 0.3) is 0 Å². The van der Waals surface area contributed by atoms with Gasteiger partial charge in [0.15, 0.2) is 0 Å². The van der Waals surface area contributed by atoms with Gasteiger partial charge < -0.3 is 5.11 Å². The lowest BCUT2D eigenvalue weighted by atomic mass is 9.84. The second-order valence-corrected chi connectivity index (χ2v) is 3.54. The number of aliphatic carboxylic acids is 1. The Kier molecular flexibility index (Phi) is 2.65. The summed E-state index contributed by atoms with van der Waals surface area (Å²) in [5.74, 6) is -0.978. The van der Waals surface area contributed by atoms with Crippen molar-refractivity contribution in [1.82, 2.24) is 0 Å². The Balaban J connectivity index is 3.31. The van der Waals surface area contributed by atoms with Crippen molar-refractivity contribution in [3.8, 4) is 0 Å². The molecule has 0 unspecified atom stereocenters. The number of rotatable bonds is 3. The maximum absolute atomic E-state index is 10.9. The topological polar surface area (TPSA) is 66.7 Å². The van der Waals surface area contributed by atoms with Crippen LogP contribution < -0.4 is 0 Å². The molecule has 4 heteroatoms. The number of nitrogens with zero attached hydrogens (tertiary/aromatic N) is 1. The van der Waals surface area contributed by atoms with E-state index in [4.69, 9.17) is 5.11 Å². The van der Waals surface area contributed by atoms with Gasteiger partial charge in [-0.3, -0.25) is 4.79 Å². The Morgan fingerprint density at radius 2 is 1.93 bits per heavy atom. The molecule has 0 aliphatic carbocycles. The van der Waals surface area contributed by atoms with Gasteiger partial charge in [-0.05, 0) is 30.7 Å². The minimum atomic E-state index is -1.09. The molecule has 0 bridgehead atoms. The number of nitroso groups, excluding NO2 is 1. The number of carboxylic acids is 1. The smallest absolute Gasteiger partial charge is 0.313 e. The molecule has 0 aliphatic heterocycles. The second-order valence-electron chi connectivity index (χ2n) is 3.54. The molecule has 1 N–H and O–H groups in total. The van der Waals surface area contributed by atoms with E-state index in [1.807, 2.05) is 0 Å². The van der Waals surface area contributed by atoms with Crippen LogP contribution in [-0.2, 0) is 10.2 Å². The monoisotopic (exact) mass is 193 g/mol. The van der Waals surface area contributed by atoms with Crippen molar-refractivity contribution < 1.29 is 9.90 Å². The first-order valence-electron chi connectivity index (χ1n) is 4.16. The van der Waals surface area contributed by atoms with Crippen molar-refractivity contribution in [2.75, 3.05) is 0 Å². The molecule has 14 heavy (non-hydrogen) atoms. The molecular weight excluding hydrogens is 182 g/mol. The zero-order valence-corrected chi connectivity index (χ0v) is 8.02. The van der Waals surface area contributed by atoms with E-state index in [0.717, 1.165) is 0 Å². The first-order chi connectivity index (χ1) is 6.50. The molecule has 1 aromatic carbocycles. The molecule has 0 aliphatic rings. The molecule has 0 aromatic heterocycles. The Morgan fingerprint density at radius 1 is 1.36 bits per heavy atom. The fourth-order valence-electron chi connectivity index (χ4n) is 1.20. The van der Waals surface area contributed by atoms with Gasteiger partial charge in [0.25, 0.3) is 0 Å². The van der Waals surface area contributed by atoms with Crippen LogP contribution in [0.2, 0.25) is 0 Å². The predicted molar refractivity (Wildman–Crippen MR) is 52.6 cm³/mol. The van der Waals surface area contributed by atoms with Gasteiger partial charge in [-0.15, -0.1) is 4.91 Å². The zero-order valence-electron chi connectivity index (χ0n) is 8.02. The van der Waals surface area contributed by atoms with Gasteiger partial charge in [0.2, 0.25) is 0 Å².